The number of hydrogen-bond acceptors (Lipinski definition) is 7. The number of aliphatic hydroxyl groups excluding tert-OH is 1. The average molecular weight is 430 g/mol. The van der Waals surface area contributed by atoms with Crippen molar-refractivity contribution in [2.75, 3.05) is 23.8 Å². The molecule has 0 radical (unpaired) electrons. The van der Waals surface area contributed by atoms with Crippen molar-refractivity contribution in [2.24, 2.45) is 0 Å². The molecule has 3 aromatic rings. The highest BCUT2D eigenvalue weighted by molar-refractivity contribution is 5.76. The van der Waals surface area contributed by atoms with Crippen LogP contribution in [0.5, 0.6) is 0 Å². The van der Waals surface area contributed by atoms with Crippen LogP contribution >= 0.6 is 0 Å². The first-order valence-electron chi connectivity index (χ1n) is 10.6. The van der Waals surface area contributed by atoms with E-state index in [0.29, 0.717) is 36.3 Å². The number of halogens is 2. The van der Waals surface area contributed by atoms with Gasteiger partial charge in [0.05, 0.1) is 24.9 Å². The van der Waals surface area contributed by atoms with Gasteiger partial charge in [-0.15, -0.1) is 0 Å². The van der Waals surface area contributed by atoms with Gasteiger partial charge in [-0.3, -0.25) is 4.57 Å². The predicted octanol–water partition coefficient (Wildman–Crippen LogP) is 3.52. The van der Waals surface area contributed by atoms with Crippen molar-refractivity contribution in [3.63, 3.8) is 0 Å². The maximum Gasteiger partial charge on any atom is 0.224 e. The van der Waals surface area contributed by atoms with Crippen LogP contribution in [0, 0.1) is 11.6 Å². The molecule has 3 heterocycles. The van der Waals surface area contributed by atoms with E-state index < -0.39 is 11.6 Å². The molecule has 1 saturated carbocycles. The number of aliphatic hydroxyl groups is 1. The van der Waals surface area contributed by atoms with Crippen LogP contribution in [0.4, 0.5) is 26.4 Å². The molecule has 10 heteroatoms. The van der Waals surface area contributed by atoms with Crippen LogP contribution < -0.4 is 10.6 Å². The highest BCUT2D eigenvalue weighted by Gasteiger charge is 2.26. The molecule has 2 fully saturated rings. The standard InChI is InChI=1S/C21H24F2N6O2/c22-15-2-1-3-16(23)18(15)27-21-26-17-10-24-20(25-12-4-6-14(30)7-5-12)28-19(17)29(21)13-8-9-31-11-13/h1-3,10,12-14,30H,4-9,11H2,(H,26,27)(H,24,25,28). The molecule has 2 aliphatic rings. The van der Waals surface area contributed by atoms with E-state index in [1.54, 1.807) is 6.20 Å². The Morgan fingerprint density at radius 2 is 1.84 bits per heavy atom. The maximum atomic E-state index is 14.2. The van der Waals surface area contributed by atoms with Crippen molar-refractivity contribution in [1.29, 1.82) is 0 Å². The molecule has 8 nitrogen and oxygen atoms in total. The summed E-state index contributed by atoms with van der Waals surface area (Å²) in [6, 6.07) is 3.84. The van der Waals surface area contributed by atoms with Crippen LogP contribution in [0.1, 0.15) is 38.1 Å². The topological polar surface area (TPSA) is 97.1 Å². The quantitative estimate of drug-likeness (QED) is 0.570. The van der Waals surface area contributed by atoms with Crippen molar-refractivity contribution in [3.05, 3.63) is 36.0 Å². The van der Waals surface area contributed by atoms with Crippen LogP contribution in [0.25, 0.3) is 11.2 Å². The van der Waals surface area contributed by atoms with E-state index in [9.17, 15) is 13.9 Å². The van der Waals surface area contributed by atoms with Gasteiger partial charge in [-0.05, 0) is 44.2 Å². The first kappa shape index (κ1) is 20.1. The van der Waals surface area contributed by atoms with Crippen LogP contribution in [0.3, 0.4) is 0 Å². The normalized spacial score (nSPS) is 23.9. The van der Waals surface area contributed by atoms with E-state index in [1.807, 2.05) is 4.57 Å². The minimum absolute atomic E-state index is 0.0603. The molecule has 0 spiro atoms. The van der Waals surface area contributed by atoms with Crippen molar-refractivity contribution in [3.8, 4) is 0 Å². The van der Waals surface area contributed by atoms with Crippen molar-refractivity contribution >= 4 is 28.7 Å². The van der Waals surface area contributed by atoms with Gasteiger partial charge in [-0.2, -0.15) is 4.98 Å². The average Bonchev–Trinajstić information content (AvgIpc) is 3.39. The number of aromatic nitrogens is 4. The number of rotatable bonds is 5. The first-order valence-corrected chi connectivity index (χ1v) is 10.6. The summed E-state index contributed by atoms with van der Waals surface area (Å²) in [5.41, 5.74) is 0.837. The smallest absolute Gasteiger partial charge is 0.224 e. The highest BCUT2D eigenvalue weighted by atomic mass is 19.1. The third kappa shape index (κ3) is 4.05. The number of benzene rings is 1. The van der Waals surface area contributed by atoms with E-state index in [-0.39, 0.29) is 23.9 Å². The Labute approximate surface area is 177 Å². The summed E-state index contributed by atoms with van der Waals surface area (Å²) >= 11 is 0. The van der Waals surface area contributed by atoms with E-state index in [1.165, 1.54) is 18.2 Å². The van der Waals surface area contributed by atoms with Crippen LogP contribution in [0.2, 0.25) is 0 Å². The third-order valence-corrected chi connectivity index (χ3v) is 5.93. The fourth-order valence-electron chi connectivity index (χ4n) is 4.25. The van der Waals surface area contributed by atoms with Gasteiger partial charge >= 0.3 is 0 Å². The number of ether oxygens (including phenoxy) is 1. The van der Waals surface area contributed by atoms with Gasteiger partial charge in [0.2, 0.25) is 11.9 Å². The number of imidazole rings is 1. The van der Waals surface area contributed by atoms with E-state index >= 15 is 0 Å². The minimum atomic E-state index is -0.700. The largest absolute Gasteiger partial charge is 0.393 e. The van der Waals surface area contributed by atoms with Gasteiger partial charge in [0.1, 0.15) is 22.8 Å². The van der Waals surface area contributed by atoms with Gasteiger partial charge in [-0.25, -0.2) is 18.7 Å². The zero-order valence-corrected chi connectivity index (χ0v) is 16.9. The third-order valence-electron chi connectivity index (χ3n) is 5.93. The molecule has 5 rings (SSSR count). The lowest BCUT2D eigenvalue weighted by molar-refractivity contribution is 0.126. The number of para-hydroxylation sites is 1. The molecule has 1 saturated heterocycles. The molecular formula is C21H24F2N6O2. The molecule has 1 aliphatic carbocycles. The number of hydrogen-bond donors (Lipinski definition) is 3. The van der Waals surface area contributed by atoms with Crippen molar-refractivity contribution in [1.82, 2.24) is 19.5 Å². The Kier molecular flexibility index (Phi) is 5.41. The first-order chi connectivity index (χ1) is 15.1. The van der Waals surface area contributed by atoms with Gasteiger partial charge in [0.15, 0.2) is 5.65 Å². The molecule has 3 N–H and O–H groups in total. The number of anilines is 3. The molecule has 0 bridgehead atoms. The van der Waals surface area contributed by atoms with Gasteiger partial charge in [0.25, 0.3) is 0 Å². The lowest BCUT2D eigenvalue weighted by Gasteiger charge is -2.26. The minimum Gasteiger partial charge on any atom is -0.393 e. The highest BCUT2D eigenvalue weighted by Crippen LogP contribution is 2.32. The fraction of sp³-hybridized carbons (Fsp3) is 0.476. The second-order valence-corrected chi connectivity index (χ2v) is 8.10. The summed E-state index contributed by atoms with van der Waals surface area (Å²) in [5, 5.41) is 15.9. The molecule has 2 aromatic heterocycles. The summed E-state index contributed by atoms with van der Waals surface area (Å²) in [4.78, 5) is 13.6. The van der Waals surface area contributed by atoms with E-state index in [4.69, 9.17) is 4.74 Å². The van der Waals surface area contributed by atoms with Gasteiger partial charge < -0.3 is 20.5 Å². The number of nitrogens with zero attached hydrogens (tertiary/aromatic N) is 4. The Bertz CT molecular complexity index is 1060. The van der Waals surface area contributed by atoms with E-state index in [0.717, 1.165) is 32.1 Å². The predicted molar refractivity (Wildman–Crippen MR) is 111 cm³/mol. The van der Waals surface area contributed by atoms with E-state index in [2.05, 4.69) is 25.6 Å². The Morgan fingerprint density at radius 3 is 2.55 bits per heavy atom. The Morgan fingerprint density at radius 1 is 1.06 bits per heavy atom. The summed E-state index contributed by atoms with van der Waals surface area (Å²) < 4.78 is 35.8. The zero-order chi connectivity index (χ0) is 21.4. The van der Waals surface area contributed by atoms with Crippen LogP contribution in [-0.4, -0.2) is 50.0 Å². The second-order valence-electron chi connectivity index (χ2n) is 8.10. The Hall–Kier alpha value is -2.85. The van der Waals surface area contributed by atoms with Crippen LogP contribution in [-0.2, 0) is 4.74 Å². The van der Waals surface area contributed by atoms with Crippen molar-refractivity contribution < 1.29 is 18.6 Å². The van der Waals surface area contributed by atoms with Crippen LogP contribution in [0.15, 0.2) is 24.4 Å². The molecular weight excluding hydrogens is 406 g/mol. The summed E-state index contributed by atoms with van der Waals surface area (Å²) in [6.07, 6.45) is 5.30. The summed E-state index contributed by atoms with van der Waals surface area (Å²) in [5.74, 6) is -0.636. The number of nitrogens with one attached hydrogen (secondary N) is 2. The maximum absolute atomic E-state index is 14.2. The number of fused-ring (bicyclic) bond motifs is 1. The lowest BCUT2D eigenvalue weighted by atomic mass is 9.93. The fourth-order valence-corrected chi connectivity index (χ4v) is 4.25. The molecule has 31 heavy (non-hydrogen) atoms. The zero-order valence-electron chi connectivity index (χ0n) is 16.9. The second kappa shape index (κ2) is 8.35. The molecule has 1 aromatic carbocycles. The van der Waals surface area contributed by atoms with Gasteiger partial charge in [0, 0.05) is 12.6 Å². The molecule has 1 atom stereocenters. The molecule has 164 valence electrons. The SMILES string of the molecule is OC1CCC(Nc2ncc3nc(Nc4c(F)cccc4F)n(C4CCOC4)c3n2)CC1. The van der Waals surface area contributed by atoms with Crippen molar-refractivity contribution in [2.45, 2.75) is 50.3 Å². The van der Waals surface area contributed by atoms with Gasteiger partial charge in [-0.1, -0.05) is 6.07 Å². The molecule has 0 amide bonds. The monoisotopic (exact) mass is 430 g/mol. The molecule has 1 aliphatic heterocycles. The lowest BCUT2D eigenvalue weighted by Crippen LogP contribution is -2.29. The summed E-state index contributed by atoms with van der Waals surface area (Å²) in [7, 11) is 0. The Balaban J connectivity index is 1.50. The molecule has 1 unspecified atom stereocenters. The summed E-state index contributed by atoms with van der Waals surface area (Å²) in [6.45, 7) is 1.06.